The van der Waals surface area contributed by atoms with Crippen LogP contribution in [0.25, 0.3) is 5.69 Å². The van der Waals surface area contributed by atoms with E-state index in [4.69, 9.17) is 0 Å². The van der Waals surface area contributed by atoms with Gasteiger partial charge in [0, 0.05) is 6.04 Å². The Morgan fingerprint density at radius 3 is 2.70 bits per heavy atom. The Balaban J connectivity index is 2.19. The SMILES string of the molecule is CC(NC(C)(CO)CO)c1cccc(-n2cnnn2)c1. The number of tetrazole rings is 1. The number of aliphatic hydroxyl groups excluding tert-OH is 2. The highest BCUT2D eigenvalue weighted by Gasteiger charge is 2.24. The maximum Gasteiger partial charge on any atom is 0.143 e. The highest BCUT2D eigenvalue weighted by Crippen LogP contribution is 2.19. The lowest BCUT2D eigenvalue weighted by Gasteiger charge is -2.30. The molecule has 3 N–H and O–H groups in total. The monoisotopic (exact) mass is 277 g/mol. The molecule has 0 aliphatic carbocycles. The van der Waals surface area contributed by atoms with E-state index in [1.54, 1.807) is 11.6 Å². The van der Waals surface area contributed by atoms with Crippen molar-refractivity contribution in [2.75, 3.05) is 13.2 Å². The lowest BCUT2D eigenvalue weighted by atomic mass is 10.0. The Bertz CT molecular complexity index is 539. The van der Waals surface area contributed by atoms with Crippen LogP contribution in [-0.4, -0.2) is 49.2 Å². The molecular formula is C13H19N5O2. The Hall–Kier alpha value is -1.83. The lowest BCUT2D eigenvalue weighted by molar-refractivity contribution is 0.0957. The summed E-state index contributed by atoms with van der Waals surface area (Å²) in [6.07, 6.45) is 1.53. The van der Waals surface area contributed by atoms with Crippen LogP contribution < -0.4 is 5.32 Å². The fourth-order valence-electron chi connectivity index (χ4n) is 1.96. The van der Waals surface area contributed by atoms with Gasteiger partial charge in [0.2, 0.25) is 0 Å². The van der Waals surface area contributed by atoms with Crippen molar-refractivity contribution in [1.29, 1.82) is 0 Å². The van der Waals surface area contributed by atoms with Crippen molar-refractivity contribution in [3.8, 4) is 5.69 Å². The van der Waals surface area contributed by atoms with Crippen LogP contribution >= 0.6 is 0 Å². The summed E-state index contributed by atoms with van der Waals surface area (Å²) in [5, 5.41) is 33.0. The van der Waals surface area contributed by atoms with E-state index >= 15 is 0 Å². The van der Waals surface area contributed by atoms with Gasteiger partial charge in [0.25, 0.3) is 0 Å². The predicted molar refractivity (Wildman–Crippen MR) is 73.3 cm³/mol. The summed E-state index contributed by atoms with van der Waals surface area (Å²) in [6.45, 7) is 3.47. The molecule has 7 nitrogen and oxygen atoms in total. The number of benzene rings is 1. The van der Waals surface area contributed by atoms with E-state index in [9.17, 15) is 10.2 Å². The minimum Gasteiger partial charge on any atom is -0.394 e. The van der Waals surface area contributed by atoms with Gasteiger partial charge in [0.05, 0.1) is 24.4 Å². The molecule has 20 heavy (non-hydrogen) atoms. The third-order valence-corrected chi connectivity index (χ3v) is 3.25. The summed E-state index contributed by atoms with van der Waals surface area (Å²) < 4.78 is 1.58. The first-order chi connectivity index (χ1) is 9.58. The van der Waals surface area contributed by atoms with Crippen LogP contribution in [0.3, 0.4) is 0 Å². The predicted octanol–water partition coefficient (Wildman–Crippen LogP) is 0.0562. The topological polar surface area (TPSA) is 96.1 Å². The van der Waals surface area contributed by atoms with E-state index in [0.717, 1.165) is 11.3 Å². The van der Waals surface area contributed by atoms with Crippen LogP contribution in [0.4, 0.5) is 0 Å². The molecule has 7 heteroatoms. The molecule has 1 unspecified atom stereocenters. The van der Waals surface area contributed by atoms with Gasteiger partial charge >= 0.3 is 0 Å². The lowest BCUT2D eigenvalue weighted by Crippen LogP contribution is -2.49. The fourth-order valence-corrected chi connectivity index (χ4v) is 1.96. The molecule has 0 bridgehead atoms. The quantitative estimate of drug-likeness (QED) is 0.691. The summed E-state index contributed by atoms with van der Waals surface area (Å²) in [6, 6.07) is 7.73. The zero-order chi connectivity index (χ0) is 14.6. The van der Waals surface area contributed by atoms with E-state index < -0.39 is 5.54 Å². The summed E-state index contributed by atoms with van der Waals surface area (Å²) in [5.41, 5.74) is 1.16. The Kier molecular flexibility index (Phi) is 4.43. The minimum atomic E-state index is -0.718. The van der Waals surface area contributed by atoms with Crippen molar-refractivity contribution < 1.29 is 10.2 Å². The maximum absolute atomic E-state index is 9.33. The van der Waals surface area contributed by atoms with Crippen LogP contribution in [0.1, 0.15) is 25.5 Å². The molecule has 2 aromatic rings. The van der Waals surface area contributed by atoms with Crippen LogP contribution in [0.5, 0.6) is 0 Å². The molecule has 0 radical (unpaired) electrons. The molecule has 0 saturated carbocycles. The smallest absolute Gasteiger partial charge is 0.143 e. The van der Waals surface area contributed by atoms with Gasteiger partial charge in [-0.3, -0.25) is 0 Å². The third-order valence-electron chi connectivity index (χ3n) is 3.25. The fraction of sp³-hybridized carbons (Fsp3) is 0.462. The Morgan fingerprint density at radius 2 is 2.10 bits per heavy atom. The van der Waals surface area contributed by atoms with Gasteiger partial charge in [-0.25, -0.2) is 4.68 Å². The number of nitrogens with one attached hydrogen (secondary N) is 1. The second kappa shape index (κ2) is 6.08. The average molecular weight is 277 g/mol. The number of hydrogen-bond donors (Lipinski definition) is 3. The van der Waals surface area contributed by atoms with Crippen LogP contribution in [0.2, 0.25) is 0 Å². The van der Waals surface area contributed by atoms with E-state index in [0.29, 0.717) is 0 Å². The van der Waals surface area contributed by atoms with Gasteiger partial charge in [0.15, 0.2) is 0 Å². The highest BCUT2D eigenvalue weighted by atomic mass is 16.3. The first-order valence-electron chi connectivity index (χ1n) is 6.41. The van der Waals surface area contributed by atoms with E-state index in [2.05, 4.69) is 20.8 Å². The first kappa shape index (κ1) is 14.6. The molecule has 0 aliphatic heterocycles. The maximum atomic E-state index is 9.33. The Morgan fingerprint density at radius 1 is 1.35 bits per heavy atom. The Labute approximate surface area is 117 Å². The van der Waals surface area contributed by atoms with Gasteiger partial charge in [-0.15, -0.1) is 5.10 Å². The molecule has 1 aromatic carbocycles. The van der Waals surface area contributed by atoms with Gasteiger partial charge in [-0.1, -0.05) is 12.1 Å². The molecular weight excluding hydrogens is 258 g/mol. The van der Waals surface area contributed by atoms with Crippen LogP contribution in [0, 0.1) is 0 Å². The summed E-state index contributed by atoms with van der Waals surface area (Å²) in [4.78, 5) is 0. The second-order valence-corrected chi connectivity index (χ2v) is 5.09. The van der Waals surface area contributed by atoms with Gasteiger partial charge in [-0.2, -0.15) is 0 Å². The molecule has 1 aromatic heterocycles. The number of nitrogens with zero attached hydrogens (tertiary/aromatic N) is 4. The van der Waals surface area contributed by atoms with Crippen molar-refractivity contribution in [2.45, 2.75) is 25.4 Å². The molecule has 1 atom stereocenters. The molecule has 0 aliphatic rings. The van der Waals surface area contributed by atoms with Gasteiger partial charge in [0.1, 0.15) is 6.33 Å². The zero-order valence-corrected chi connectivity index (χ0v) is 11.6. The molecule has 0 fully saturated rings. The molecule has 0 spiro atoms. The van der Waals surface area contributed by atoms with E-state index in [-0.39, 0.29) is 19.3 Å². The van der Waals surface area contributed by atoms with Gasteiger partial charge < -0.3 is 15.5 Å². The molecule has 2 rings (SSSR count). The van der Waals surface area contributed by atoms with Crippen molar-refractivity contribution in [3.63, 3.8) is 0 Å². The standard InChI is InChI=1S/C13H19N5O2/c1-10(15-13(2,7-19)8-20)11-4-3-5-12(6-11)18-9-14-16-17-18/h3-6,9-10,15,19-20H,7-8H2,1-2H3. The van der Waals surface area contributed by atoms with Crippen molar-refractivity contribution in [1.82, 2.24) is 25.5 Å². The molecule has 108 valence electrons. The van der Waals surface area contributed by atoms with E-state index in [1.807, 2.05) is 31.2 Å². The van der Waals surface area contributed by atoms with Gasteiger partial charge in [-0.05, 0) is 42.0 Å². The first-order valence-corrected chi connectivity index (χ1v) is 6.41. The van der Waals surface area contributed by atoms with Crippen molar-refractivity contribution in [2.24, 2.45) is 0 Å². The van der Waals surface area contributed by atoms with Crippen molar-refractivity contribution in [3.05, 3.63) is 36.2 Å². The number of aromatic nitrogens is 4. The molecule has 1 heterocycles. The highest BCUT2D eigenvalue weighted by molar-refractivity contribution is 5.35. The largest absolute Gasteiger partial charge is 0.394 e. The van der Waals surface area contributed by atoms with Crippen molar-refractivity contribution >= 4 is 0 Å². The minimum absolute atomic E-state index is 0.0317. The zero-order valence-electron chi connectivity index (χ0n) is 11.6. The summed E-state index contributed by atoms with van der Waals surface area (Å²) in [5.74, 6) is 0. The summed E-state index contributed by atoms with van der Waals surface area (Å²) >= 11 is 0. The second-order valence-electron chi connectivity index (χ2n) is 5.09. The molecule has 0 amide bonds. The molecule has 0 saturated heterocycles. The third kappa shape index (κ3) is 3.19. The average Bonchev–Trinajstić information content (AvgIpc) is 3.01. The number of rotatable bonds is 6. The normalized spacial score (nSPS) is 13.4. The number of hydrogen-bond acceptors (Lipinski definition) is 6. The number of aliphatic hydroxyl groups is 2. The van der Waals surface area contributed by atoms with E-state index in [1.165, 1.54) is 6.33 Å². The summed E-state index contributed by atoms with van der Waals surface area (Å²) in [7, 11) is 0. The van der Waals surface area contributed by atoms with Crippen LogP contribution in [-0.2, 0) is 0 Å². The van der Waals surface area contributed by atoms with Crippen LogP contribution in [0.15, 0.2) is 30.6 Å².